The van der Waals surface area contributed by atoms with Crippen LogP contribution in [0.25, 0.3) is 0 Å². The molecule has 7 nitrogen and oxygen atoms in total. The van der Waals surface area contributed by atoms with Crippen LogP contribution in [0.2, 0.25) is 0 Å². The number of likely N-dealkylation sites (tertiary alicyclic amines) is 1. The van der Waals surface area contributed by atoms with Crippen molar-refractivity contribution < 1.29 is 23.7 Å². The van der Waals surface area contributed by atoms with Crippen molar-refractivity contribution in [3.8, 4) is 0 Å². The van der Waals surface area contributed by atoms with Crippen molar-refractivity contribution in [1.82, 2.24) is 11.1 Å². The highest BCUT2D eigenvalue weighted by atomic mass is 31.2. The van der Waals surface area contributed by atoms with Crippen LogP contribution in [0.1, 0.15) is 41.5 Å². The zero-order valence-electron chi connectivity index (χ0n) is 18.1. The van der Waals surface area contributed by atoms with Gasteiger partial charge in [-0.1, -0.05) is 54.1 Å². The summed E-state index contributed by atoms with van der Waals surface area (Å²) in [5, 5.41) is 0. The molecule has 1 unspecified atom stereocenters. The van der Waals surface area contributed by atoms with E-state index in [0.29, 0.717) is 19.4 Å². The number of benzene rings is 2. The molecule has 1 atom stereocenters. The molecule has 0 spiro atoms. The summed E-state index contributed by atoms with van der Waals surface area (Å²) in [5.41, 5.74) is 5.15. The number of carbonyl (C=O) groups is 1. The fraction of sp³-hybridized carbons (Fsp3) is 0.435. The van der Waals surface area contributed by atoms with E-state index in [9.17, 15) is 9.36 Å². The average Bonchev–Trinajstić information content (AvgIpc) is 3.15. The van der Waals surface area contributed by atoms with Crippen molar-refractivity contribution in [2.45, 2.75) is 51.6 Å². The van der Waals surface area contributed by atoms with Gasteiger partial charge in [0.2, 0.25) is 5.91 Å². The van der Waals surface area contributed by atoms with Crippen molar-refractivity contribution in [3.05, 3.63) is 70.8 Å². The summed E-state index contributed by atoms with van der Waals surface area (Å²) in [7, 11) is -4.50. The molecule has 2 aromatic carbocycles. The van der Waals surface area contributed by atoms with Crippen molar-refractivity contribution in [3.63, 3.8) is 0 Å². The van der Waals surface area contributed by atoms with E-state index in [0.717, 1.165) is 25.7 Å². The van der Waals surface area contributed by atoms with Crippen molar-refractivity contribution in [1.29, 1.82) is 0 Å². The smallest absolute Gasteiger partial charge is 0.344 e. The molecule has 0 bridgehead atoms. The largest absolute Gasteiger partial charge is 0.469 e. The second-order valence-electron chi connectivity index (χ2n) is 8.00. The number of amides is 1. The molecular formula is C23H33N2O5P. The number of carbonyl (C=O) groups excluding carboxylic acids is 1. The maximum atomic E-state index is 12.3. The Kier molecular flexibility index (Phi) is 9.41. The van der Waals surface area contributed by atoms with Crippen LogP contribution in [-0.2, 0) is 33.1 Å². The van der Waals surface area contributed by atoms with E-state index in [-0.39, 0.29) is 18.6 Å². The van der Waals surface area contributed by atoms with Crippen LogP contribution in [0.15, 0.2) is 48.5 Å². The SMILES string of the molecule is Cc1ccc(CCc2ccc(CCCC(=O)N3CCC(OP(=O)(O)O)C3)cc2)cc1.N. The van der Waals surface area contributed by atoms with Gasteiger partial charge in [-0.25, -0.2) is 4.57 Å². The van der Waals surface area contributed by atoms with Gasteiger partial charge in [0.25, 0.3) is 0 Å². The molecular weight excluding hydrogens is 415 g/mol. The van der Waals surface area contributed by atoms with Crippen LogP contribution < -0.4 is 6.15 Å². The lowest BCUT2D eigenvalue weighted by Gasteiger charge is -2.17. The summed E-state index contributed by atoms with van der Waals surface area (Å²) in [6.45, 7) is 2.83. The van der Waals surface area contributed by atoms with Gasteiger partial charge in [-0.15, -0.1) is 0 Å². The summed E-state index contributed by atoms with van der Waals surface area (Å²) < 4.78 is 15.6. The molecule has 2 aromatic rings. The van der Waals surface area contributed by atoms with Gasteiger partial charge in [0.15, 0.2) is 0 Å². The third-order valence-electron chi connectivity index (χ3n) is 5.49. The Morgan fingerprint density at radius 2 is 1.52 bits per heavy atom. The van der Waals surface area contributed by atoms with Crippen LogP contribution in [0.4, 0.5) is 0 Å². The minimum atomic E-state index is -4.50. The fourth-order valence-electron chi connectivity index (χ4n) is 3.75. The lowest BCUT2D eigenvalue weighted by molar-refractivity contribution is -0.130. The first kappa shape index (κ1) is 25.2. The van der Waals surface area contributed by atoms with Crippen molar-refractivity contribution in [2.75, 3.05) is 13.1 Å². The Bertz CT molecular complexity index is 880. The van der Waals surface area contributed by atoms with Gasteiger partial charge in [0, 0.05) is 19.5 Å². The summed E-state index contributed by atoms with van der Waals surface area (Å²) >= 11 is 0. The Balaban J connectivity index is 0.00000341. The second kappa shape index (κ2) is 11.6. The first-order valence-electron chi connectivity index (χ1n) is 10.4. The normalized spacial score (nSPS) is 16.2. The van der Waals surface area contributed by atoms with E-state index in [1.165, 1.54) is 22.3 Å². The molecule has 170 valence electrons. The van der Waals surface area contributed by atoms with Crippen molar-refractivity contribution in [2.24, 2.45) is 0 Å². The fourth-order valence-corrected chi connectivity index (χ4v) is 4.31. The molecule has 5 N–H and O–H groups in total. The Labute approximate surface area is 184 Å². The molecule has 0 aliphatic carbocycles. The summed E-state index contributed by atoms with van der Waals surface area (Å²) in [4.78, 5) is 31.7. The number of phosphoric ester groups is 1. The average molecular weight is 449 g/mol. The van der Waals surface area contributed by atoms with E-state index in [4.69, 9.17) is 14.3 Å². The molecule has 1 heterocycles. The maximum absolute atomic E-state index is 12.3. The van der Waals surface area contributed by atoms with Crippen LogP contribution in [-0.4, -0.2) is 39.8 Å². The summed E-state index contributed by atoms with van der Waals surface area (Å²) in [6, 6.07) is 17.2. The molecule has 1 fully saturated rings. The van der Waals surface area contributed by atoms with E-state index in [1.54, 1.807) is 4.90 Å². The Morgan fingerprint density at radius 1 is 1.00 bits per heavy atom. The molecule has 1 aliphatic rings. The zero-order chi connectivity index (χ0) is 21.6. The van der Waals surface area contributed by atoms with Gasteiger partial charge in [0.1, 0.15) is 0 Å². The van der Waals surface area contributed by atoms with E-state index >= 15 is 0 Å². The summed E-state index contributed by atoms with van der Waals surface area (Å²) in [5.74, 6) is 0.0153. The minimum Gasteiger partial charge on any atom is -0.344 e. The number of aryl methyl sites for hydroxylation is 4. The van der Waals surface area contributed by atoms with E-state index in [1.807, 2.05) is 0 Å². The molecule has 1 amide bonds. The van der Waals surface area contributed by atoms with Crippen LogP contribution in [0.3, 0.4) is 0 Å². The van der Waals surface area contributed by atoms with Gasteiger partial charge in [-0.2, -0.15) is 0 Å². The van der Waals surface area contributed by atoms with Crippen LogP contribution in [0.5, 0.6) is 0 Å². The molecule has 3 rings (SSSR count). The molecule has 31 heavy (non-hydrogen) atoms. The number of nitrogens with zero attached hydrogens (tertiary/aromatic N) is 1. The van der Waals surface area contributed by atoms with Gasteiger partial charge >= 0.3 is 7.82 Å². The number of hydrogen-bond donors (Lipinski definition) is 3. The molecule has 0 aromatic heterocycles. The first-order chi connectivity index (χ1) is 14.3. The highest BCUT2D eigenvalue weighted by Crippen LogP contribution is 2.39. The molecule has 0 radical (unpaired) electrons. The Hall–Kier alpha value is -2.02. The van der Waals surface area contributed by atoms with E-state index in [2.05, 4.69) is 55.5 Å². The zero-order valence-corrected chi connectivity index (χ0v) is 19.0. The minimum absolute atomic E-state index is 0. The number of rotatable bonds is 9. The van der Waals surface area contributed by atoms with Crippen LogP contribution >= 0.6 is 7.82 Å². The lowest BCUT2D eigenvalue weighted by atomic mass is 10.0. The third-order valence-corrected chi connectivity index (χ3v) is 6.06. The predicted molar refractivity (Wildman–Crippen MR) is 121 cm³/mol. The lowest BCUT2D eigenvalue weighted by Crippen LogP contribution is -2.29. The van der Waals surface area contributed by atoms with Crippen molar-refractivity contribution >= 4 is 13.7 Å². The number of hydrogen-bond acceptors (Lipinski definition) is 4. The van der Waals surface area contributed by atoms with E-state index < -0.39 is 13.9 Å². The number of phosphoric acid groups is 1. The highest BCUT2D eigenvalue weighted by Gasteiger charge is 2.31. The highest BCUT2D eigenvalue weighted by molar-refractivity contribution is 7.46. The summed E-state index contributed by atoms with van der Waals surface area (Å²) in [6.07, 6.45) is 3.93. The molecule has 8 heteroatoms. The van der Waals surface area contributed by atoms with Gasteiger partial charge < -0.3 is 20.8 Å². The molecule has 0 saturated carbocycles. The quantitative estimate of drug-likeness (QED) is 0.499. The Morgan fingerprint density at radius 3 is 2.06 bits per heavy atom. The maximum Gasteiger partial charge on any atom is 0.469 e. The monoisotopic (exact) mass is 448 g/mol. The second-order valence-corrected chi connectivity index (χ2v) is 9.19. The van der Waals surface area contributed by atoms with Gasteiger partial charge in [-0.05, 0) is 55.7 Å². The predicted octanol–water partition coefficient (Wildman–Crippen LogP) is 3.98. The van der Waals surface area contributed by atoms with Gasteiger partial charge in [-0.3, -0.25) is 9.32 Å². The van der Waals surface area contributed by atoms with Crippen LogP contribution in [0, 0.1) is 6.92 Å². The third kappa shape index (κ3) is 8.56. The topological polar surface area (TPSA) is 122 Å². The standard InChI is InChI=1S/C23H30NO5P.H3N/c1-18-5-7-20(8-6-18)13-14-21-11-9-19(10-12-21)3-2-4-23(25)24-16-15-22(17-24)29-30(26,27)28;/h5-12,22H,2-4,13-17H2,1H3,(H2,26,27,28);1H3. The molecule has 1 aliphatic heterocycles. The molecule has 1 saturated heterocycles. The first-order valence-corrected chi connectivity index (χ1v) is 12.0. The van der Waals surface area contributed by atoms with Gasteiger partial charge in [0.05, 0.1) is 6.10 Å².